The maximum absolute atomic E-state index is 11.1. The van der Waals surface area contributed by atoms with Crippen LogP contribution >= 0.6 is 0 Å². The van der Waals surface area contributed by atoms with Crippen LogP contribution in [0, 0.1) is 0 Å². The van der Waals surface area contributed by atoms with Gasteiger partial charge < -0.3 is 11.5 Å². The van der Waals surface area contributed by atoms with E-state index < -0.39 is 5.91 Å². The summed E-state index contributed by atoms with van der Waals surface area (Å²) in [6, 6.07) is 5.19. The van der Waals surface area contributed by atoms with Crippen molar-refractivity contribution < 1.29 is 4.79 Å². The summed E-state index contributed by atoms with van der Waals surface area (Å²) in [5.74, 6) is -0.434. The van der Waals surface area contributed by atoms with Crippen LogP contribution in [-0.2, 0) is 6.42 Å². The summed E-state index contributed by atoms with van der Waals surface area (Å²) in [7, 11) is 0. The lowest BCUT2D eigenvalue weighted by Crippen LogP contribution is -2.14. The highest BCUT2D eigenvalue weighted by atomic mass is 16.1. The predicted octanol–water partition coefficient (Wildman–Crippen LogP) is 1.49. The van der Waals surface area contributed by atoms with Crippen molar-refractivity contribution in [1.82, 2.24) is 0 Å². The predicted molar refractivity (Wildman–Crippen MR) is 57.9 cm³/mol. The number of carbonyl (C=O) groups is 1. The zero-order valence-electron chi connectivity index (χ0n) is 7.99. The molecule has 0 atom stereocenters. The van der Waals surface area contributed by atoms with Crippen molar-refractivity contribution in [2.75, 3.05) is 5.73 Å². The minimum atomic E-state index is -0.434. The van der Waals surface area contributed by atoms with Gasteiger partial charge in [0.25, 0.3) is 0 Å². The molecule has 3 nitrogen and oxygen atoms in total. The van der Waals surface area contributed by atoms with Crippen molar-refractivity contribution in [3.8, 4) is 0 Å². The van der Waals surface area contributed by atoms with E-state index in [1.165, 1.54) is 0 Å². The van der Waals surface area contributed by atoms with Gasteiger partial charge in [0.15, 0.2) is 0 Å². The molecular formula is C11H14N2O. The molecule has 3 heteroatoms. The van der Waals surface area contributed by atoms with Crippen molar-refractivity contribution in [1.29, 1.82) is 0 Å². The number of nitrogen functional groups attached to an aromatic ring is 1. The fourth-order valence-corrected chi connectivity index (χ4v) is 1.36. The number of anilines is 1. The van der Waals surface area contributed by atoms with Gasteiger partial charge in [-0.05, 0) is 30.5 Å². The lowest BCUT2D eigenvalue weighted by atomic mass is 10.0. The number of benzene rings is 1. The molecule has 1 rings (SSSR count). The average molecular weight is 190 g/mol. The minimum absolute atomic E-state index is 0.434. The van der Waals surface area contributed by atoms with Gasteiger partial charge in [0, 0.05) is 11.3 Å². The first-order chi connectivity index (χ1) is 6.66. The van der Waals surface area contributed by atoms with Gasteiger partial charge in [-0.3, -0.25) is 4.79 Å². The van der Waals surface area contributed by atoms with E-state index in [1.54, 1.807) is 24.3 Å². The molecule has 14 heavy (non-hydrogen) atoms. The minimum Gasteiger partial charge on any atom is -0.398 e. The van der Waals surface area contributed by atoms with Gasteiger partial charge in [0.05, 0.1) is 0 Å². The Morgan fingerprint density at radius 2 is 2.21 bits per heavy atom. The Morgan fingerprint density at radius 1 is 1.50 bits per heavy atom. The summed E-state index contributed by atoms with van der Waals surface area (Å²) >= 11 is 0. The zero-order chi connectivity index (χ0) is 10.6. The quantitative estimate of drug-likeness (QED) is 0.557. The van der Waals surface area contributed by atoms with E-state index in [-0.39, 0.29) is 0 Å². The Labute approximate surface area is 83.4 Å². The Bertz CT molecular complexity index is 358. The molecule has 0 saturated heterocycles. The van der Waals surface area contributed by atoms with Crippen LogP contribution in [0.2, 0.25) is 0 Å². The highest BCUT2D eigenvalue weighted by Crippen LogP contribution is 2.18. The molecule has 0 saturated carbocycles. The van der Waals surface area contributed by atoms with Crippen LogP contribution in [0.3, 0.4) is 0 Å². The number of carbonyl (C=O) groups excluding carboxylic acids is 1. The van der Waals surface area contributed by atoms with Crippen LogP contribution in [0.15, 0.2) is 30.9 Å². The summed E-state index contributed by atoms with van der Waals surface area (Å²) < 4.78 is 0. The second-order valence-electron chi connectivity index (χ2n) is 3.06. The van der Waals surface area contributed by atoms with Crippen LogP contribution in [-0.4, -0.2) is 5.91 Å². The molecule has 0 aliphatic rings. The number of hydrogen-bond donors (Lipinski definition) is 2. The van der Waals surface area contributed by atoms with E-state index in [0.717, 1.165) is 12.0 Å². The van der Waals surface area contributed by atoms with Crippen LogP contribution < -0.4 is 11.5 Å². The second-order valence-corrected chi connectivity index (χ2v) is 3.06. The topological polar surface area (TPSA) is 69.1 Å². The third-order valence-corrected chi connectivity index (χ3v) is 2.08. The largest absolute Gasteiger partial charge is 0.398 e. The molecule has 0 aliphatic heterocycles. The summed E-state index contributed by atoms with van der Waals surface area (Å²) in [5.41, 5.74) is 12.9. The van der Waals surface area contributed by atoms with Gasteiger partial charge in [-0.25, -0.2) is 0 Å². The van der Waals surface area contributed by atoms with E-state index in [0.29, 0.717) is 17.7 Å². The fraction of sp³-hybridized carbons (Fsp3) is 0.182. The maximum atomic E-state index is 11.1. The van der Waals surface area contributed by atoms with E-state index in [9.17, 15) is 4.79 Å². The van der Waals surface area contributed by atoms with Crippen molar-refractivity contribution in [2.45, 2.75) is 12.8 Å². The lowest BCUT2D eigenvalue weighted by Gasteiger charge is -2.08. The Balaban J connectivity index is 3.08. The molecule has 74 valence electrons. The molecule has 0 aromatic heterocycles. The van der Waals surface area contributed by atoms with Gasteiger partial charge in [-0.1, -0.05) is 12.1 Å². The Kier molecular flexibility index (Phi) is 3.29. The first-order valence-electron chi connectivity index (χ1n) is 4.45. The first-order valence-corrected chi connectivity index (χ1v) is 4.45. The average Bonchev–Trinajstić information content (AvgIpc) is 2.15. The molecule has 0 radical (unpaired) electrons. The van der Waals surface area contributed by atoms with Crippen molar-refractivity contribution in [3.05, 3.63) is 42.0 Å². The number of allylic oxidation sites excluding steroid dienone is 1. The molecule has 0 aliphatic carbocycles. The molecular weight excluding hydrogens is 176 g/mol. The summed E-state index contributed by atoms with van der Waals surface area (Å²) in [5, 5.41) is 0. The SMILES string of the molecule is C=CCCc1c(N)cccc1C(N)=O. The summed E-state index contributed by atoms with van der Waals surface area (Å²) in [6.07, 6.45) is 3.28. The molecule has 0 fully saturated rings. The number of amides is 1. The molecule has 0 unspecified atom stereocenters. The molecule has 4 N–H and O–H groups in total. The van der Waals surface area contributed by atoms with Crippen molar-refractivity contribution >= 4 is 11.6 Å². The van der Waals surface area contributed by atoms with Gasteiger partial charge in [-0.15, -0.1) is 6.58 Å². The van der Waals surface area contributed by atoms with E-state index >= 15 is 0 Å². The van der Waals surface area contributed by atoms with Gasteiger partial charge in [-0.2, -0.15) is 0 Å². The molecule has 0 heterocycles. The smallest absolute Gasteiger partial charge is 0.249 e. The second kappa shape index (κ2) is 4.46. The van der Waals surface area contributed by atoms with Crippen molar-refractivity contribution in [3.63, 3.8) is 0 Å². The van der Waals surface area contributed by atoms with E-state index in [1.807, 2.05) is 0 Å². The van der Waals surface area contributed by atoms with Crippen LogP contribution in [0.4, 0.5) is 5.69 Å². The van der Waals surface area contributed by atoms with Gasteiger partial charge in [0.2, 0.25) is 5.91 Å². The number of nitrogens with two attached hydrogens (primary N) is 2. The van der Waals surface area contributed by atoms with Gasteiger partial charge >= 0.3 is 0 Å². The normalized spacial score (nSPS) is 9.71. The number of hydrogen-bond acceptors (Lipinski definition) is 2. The number of primary amides is 1. The number of rotatable bonds is 4. The van der Waals surface area contributed by atoms with Crippen molar-refractivity contribution in [2.24, 2.45) is 5.73 Å². The van der Waals surface area contributed by atoms with Gasteiger partial charge in [0.1, 0.15) is 0 Å². The molecule has 1 amide bonds. The van der Waals surface area contributed by atoms with Crippen LogP contribution in [0.1, 0.15) is 22.3 Å². The Hall–Kier alpha value is -1.77. The zero-order valence-corrected chi connectivity index (χ0v) is 7.99. The highest BCUT2D eigenvalue weighted by Gasteiger charge is 2.09. The lowest BCUT2D eigenvalue weighted by molar-refractivity contribution is 0.0999. The molecule has 1 aromatic rings. The van der Waals surface area contributed by atoms with Crippen LogP contribution in [0.5, 0.6) is 0 Å². The van der Waals surface area contributed by atoms with E-state index in [2.05, 4.69) is 6.58 Å². The third kappa shape index (κ3) is 2.13. The monoisotopic (exact) mass is 190 g/mol. The summed E-state index contributed by atoms with van der Waals surface area (Å²) in [4.78, 5) is 11.1. The highest BCUT2D eigenvalue weighted by molar-refractivity contribution is 5.95. The first kappa shape index (κ1) is 10.3. The summed E-state index contributed by atoms with van der Waals surface area (Å²) in [6.45, 7) is 3.62. The standard InChI is InChI=1S/C11H14N2O/c1-2-3-5-8-9(11(13)14)6-4-7-10(8)12/h2,4,6-7H,1,3,5,12H2,(H2,13,14). The molecule has 1 aromatic carbocycles. The third-order valence-electron chi connectivity index (χ3n) is 2.08. The fourth-order valence-electron chi connectivity index (χ4n) is 1.36. The van der Waals surface area contributed by atoms with Crippen LogP contribution in [0.25, 0.3) is 0 Å². The molecule has 0 spiro atoms. The Morgan fingerprint density at radius 3 is 2.79 bits per heavy atom. The maximum Gasteiger partial charge on any atom is 0.249 e. The molecule has 0 bridgehead atoms. The van der Waals surface area contributed by atoms with E-state index in [4.69, 9.17) is 11.5 Å².